The maximum absolute atomic E-state index is 14.7. The summed E-state index contributed by atoms with van der Waals surface area (Å²) in [5.41, 5.74) is 4.35. The number of benzene rings is 2. The SMILES string of the molecule is COc1c(Cl)ccc(C=CCN2CCc3c(c4ccc(C#N)cc4n3C(=O)NCc3ccnc(Cl)c3)C2)c1F. The van der Waals surface area contributed by atoms with Crippen LogP contribution in [0.15, 0.2) is 54.7 Å². The maximum atomic E-state index is 14.7. The van der Waals surface area contributed by atoms with Crippen LogP contribution >= 0.6 is 23.2 Å². The molecule has 0 saturated carbocycles. The molecule has 1 amide bonds. The second kappa shape index (κ2) is 11.5. The van der Waals surface area contributed by atoms with Gasteiger partial charge < -0.3 is 10.1 Å². The van der Waals surface area contributed by atoms with Gasteiger partial charge in [0.1, 0.15) is 5.15 Å². The molecule has 0 atom stereocenters. The van der Waals surface area contributed by atoms with E-state index in [1.54, 1.807) is 53.2 Å². The Bertz CT molecular complexity index is 1640. The number of pyridine rings is 1. The molecular weight excluding hydrogens is 540 g/mol. The third kappa shape index (κ3) is 5.48. The molecule has 0 spiro atoms. The van der Waals surface area contributed by atoms with E-state index in [9.17, 15) is 14.4 Å². The molecule has 10 heteroatoms. The molecule has 5 rings (SSSR count). The van der Waals surface area contributed by atoms with Gasteiger partial charge in [-0.2, -0.15) is 5.26 Å². The highest BCUT2D eigenvalue weighted by molar-refractivity contribution is 6.32. The van der Waals surface area contributed by atoms with Crippen molar-refractivity contribution in [2.75, 3.05) is 20.2 Å². The number of carbonyl (C=O) groups is 1. The summed E-state index contributed by atoms with van der Waals surface area (Å²) >= 11 is 12.0. The van der Waals surface area contributed by atoms with E-state index in [4.69, 9.17) is 27.9 Å². The molecule has 2 aromatic carbocycles. The largest absolute Gasteiger partial charge is 0.492 e. The summed E-state index contributed by atoms with van der Waals surface area (Å²) in [4.78, 5) is 19.6. The van der Waals surface area contributed by atoms with Gasteiger partial charge in [-0.05, 0) is 41.5 Å². The Labute approximate surface area is 235 Å². The zero-order chi connectivity index (χ0) is 27.5. The van der Waals surface area contributed by atoms with E-state index in [2.05, 4.69) is 21.3 Å². The van der Waals surface area contributed by atoms with Crippen molar-refractivity contribution in [3.63, 3.8) is 0 Å². The van der Waals surface area contributed by atoms with E-state index in [-0.39, 0.29) is 23.3 Å². The zero-order valence-electron chi connectivity index (χ0n) is 21.0. The monoisotopic (exact) mass is 563 g/mol. The average Bonchev–Trinajstić information content (AvgIpc) is 3.26. The minimum atomic E-state index is -0.501. The van der Waals surface area contributed by atoms with Crippen molar-refractivity contribution in [2.45, 2.75) is 19.5 Å². The number of methoxy groups -OCH3 is 1. The fourth-order valence-electron chi connectivity index (χ4n) is 4.87. The number of ether oxygens (including phenoxy) is 1. The Hall–Kier alpha value is -3.90. The van der Waals surface area contributed by atoms with Gasteiger partial charge in [-0.3, -0.25) is 9.47 Å². The van der Waals surface area contributed by atoms with Crippen molar-refractivity contribution in [1.82, 2.24) is 19.8 Å². The van der Waals surface area contributed by atoms with E-state index in [0.717, 1.165) is 22.2 Å². The normalized spacial score (nSPS) is 13.4. The van der Waals surface area contributed by atoms with Gasteiger partial charge in [0, 0.05) is 55.4 Å². The molecule has 4 aromatic rings. The van der Waals surface area contributed by atoms with Crippen LogP contribution in [0.4, 0.5) is 9.18 Å². The summed E-state index contributed by atoms with van der Waals surface area (Å²) in [6, 6.07) is 14.0. The van der Waals surface area contributed by atoms with Crippen LogP contribution in [0.2, 0.25) is 10.2 Å². The third-order valence-corrected chi connectivity index (χ3v) is 7.24. The number of carbonyl (C=O) groups excluding carboxylic acids is 1. The van der Waals surface area contributed by atoms with Crippen LogP contribution in [0.5, 0.6) is 5.75 Å². The molecule has 0 fully saturated rings. The second-order valence-corrected chi connectivity index (χ2v) is 9.92. The quantitative estimate of drug-likeness (QED) is 0.283. The first-order valence-electron chi connectivity index (χ1n) is 12.3. The molecule has 2 aromatic heterocycles. The first-order valence-corrected chi connectivity index (χ1v) is 13.0. The van der Waals surface area contributed by atoms with Crippen molar-refractivity contribution in [2.24, 2.45) is 0 Å². The molecule has 3 heterocycles. The third-order valence-electron chi connectivity index (χ3n) is 6.74. The number of nitrogens with zero attached hydrogens (tertiary/aromatic N) is 4. The summed E-state index contributed by atoms with van der Waals surface area (Å²) in [5, 5.41) is 13.9. The topological polar surface area (TPSA) is 83.2 Å². The van der Waals surface area contributed by atoms with Gasteiger partial charge in [-0.25, -0.2) is 14.2 Å². The Balaban J connectivity index is 1.39. The number of nitrogens with one attached hydrogen (secondary N) is 1. The number of hydrogen-bond donors (Lipinski definition) is 1. The molecule has 0 radical (unpaired) electrons. The summed E-state index contributed by atoms with van der Waals surface area (Å²) in [6.45, 7) is 2.19. The van der Waals surface area contributed by atoms with E-state index in [1.807, 2.05) is 12.1 Å². The number of amides is 1. The molecule has 0 bridgehead atoms. The Kier molecular flexibility index (Phi) is 7.84. The predicted molar refractivity (Wildman–Crippen MR) is 150 cm³/mol. The second-order valence-electron chi connectivity index (χ2n) is 9.12. The highest BCUT2D eigenvalue weighted by atomic mass is 35.5. The summed E-state index contributed by atoms with van der Waals surface area (Å²) in [7, 11) is 1.38. The van der Waals surface area contributed by atoms with Crippen molar-refractivity contribution < 1.29 is 13.9 Å². The van der Waals surface area contributed by atoms with Crippen molar-refractivity contribution in [1.29, 1.82) is 5.26 Å². The minimum Gasteiger partial charge on any atom is -0.492 e. The highest BCUT2D eigenvalue weighted by Gasteiger charge is 2.26. The van der Waals surface area contributed by atoms with E-state index >= 15 is 0 Å². The van der Waals surface area contributed by atoms with Gasteiger partial charge in [-0.1, -0.05) is 47.5 Å². The van der Waals surface area contributed by atoms with Crippen LogP contribution in [-0.2, 0) is 19.5 Å². The lowest BCUT2D eigenvalue weighted by atomic mass is 10.0. The summed E-state index contributed by atoms with van der Waals surface area (Å²) in [5.74, 6) is -0.477. The minimum absolute atomic E-state index is 0.0243. The van der Waals surface area contributed by atoms with Crippen molar-refractivity contribution in [3.8, 4) is 11.8 Å². The lowest BCUT2D eigenvalue weighted by Crippen LogP contribution is -2.34. The molecule has 39 heavy (non-hydrogen) atoms. The van der Waals surface area contributed by atoms with Crippen LogP contribution in [0.3, 0.4) is 0 Å². The molecule has 1 N–H and O–H groups in total. The number of aromatic nitrogens is 2. The van der Waals surface area contributed by atoms with Gasteiger partial charge in [0.25, 0.3) is 0 Å². The van der Waals surface area contributed by atoms with Crippen molar-refractivity contribution >= 4 is 46.2 Å². The predicted octanol–water partition coefficient (Wildman–Crippen LogP) is 6.19. The smallest absolute Gasteiger partial charge is 0.326 e. The van der Waals surface area contributed by atoms with E-state index in [1.165, 1.54) is 7.11 Å². The number of nitriles is 1. The molecule has 0 unspecified atom stereocenters. The Morgan fingerprint density at radius 1 is 1.26 bits per heavy atom. The number of rotatable bonds is 6. The van der Waals surface area contributed by atoms with E-state index < -0.39 is 5.82 Å². The molecule has 198 valence electrons. The van der Waals surface area contributed by atoms with Crippen LogP contribution in [0, 0.1) is 17.1 Å². The van der Waals surface area contributed by atoms with E-state index in [0.29, 0.717) is 47.9 Å². The van der Waals surface area contributed by atoms with Crippen LogP contribution in [-0.4, -0.2) is 40.7 Å². The zero-order valence-corrected chi connectivity index (χ0v) is 22.6. The first-order chi connectivity index (χ1) is 18.9. The van der Waals surface area contributed by atoms with Crippen LogP contribution < -0.4 is 10.1 Å². The Morgan fingerprint density at radius 2 is 2.10 bits per heavy atom. The molecule has 1 aliphatic rings. The van der Waals surface area contributed by atoms with Gasteiger partial charge in [0.15, 0.2) is 11.6 Å². The van der Waals surface area contributed by atoms with Crippen molar-refractivity contribution in [3.05, 3.63) is 98.7 Å². The molecular formula is C29H24Cl2FN5O2. The van der Waals surface area contributed by atoms with Gasteiger partial charge in [-0.15, -0.1) is 0 Å². The fourth-order valence-corrected chi connectivity index (χ4v) is 5.29. The Morgan fingerprint density at radius 3 is 2.87 bits per heavy atom. The summed E-state index contributed by atoms with van der Waals surface area (Å²) < 4.78 is 21.4. The maximum Gasteiger partial charge on any atom is 0.326 e. The lowest BCUT2D eigenvalue weighted by molar-refractivity contribution is 0.240. The fraction of sp³-hybridized carbons (Fsp3) is 0.207. The summed E-state index contributed by atoms with van der Waals surface area (Å²) in [6.07, 6.45) is 5.84. The highest BCUT2D eigenvalue weighted by Crippen LogP contribution is 2.32. The molecule has 0 aliphatic carbocycles. The van der Waals surface area contributed by atoms with Crippen LogP contribution in [0.25, 0.3) is 17.0 Å². The average molecular weight is 564 g/mol. The number of fused-ring (bicyclic) bond motifs is 3. The molecule has 0 saturated heterocycles. The molecule has 7 nitrogen and oxygen atoms in total. The first kappa shape index (κ1) is 26.7. The number of halogens is 3. The van der Waals surface area contributed by atoms with Gasteiger partial charge in [0.2, 0.25) is 0 Å². The lowest BCUT2D eigenvalue weighted by Gasteiger charge is -2.27. The van der Waals surface area contributed by atoms with Gasteiger partial charge >= 0.3 is 6.03 Å². The number of hydrogen-bond acceptors (Lipinski definition) is 5. The van der Waals surface area contributed by atoms with Crippen LogP contribution in [0.1, 0.15) is 27.9 Å². The van der Waals surface area contributed by atoms with Gasteiger partial charge in [0.05, 0.1) is 29.3 Å². The standard InChI is InChI=1S/C29H24Cl2FN5O2/c1-39-28-23(30)7-5-20(27(28)32)3-2-11-36-12-9-24-22(17-36)21-6-4-18(15-33)13-25(21)37(24)29(38)35-16-19-8-10-34-26(31)14-19/h2-8,10,13-14H,9,11-12,16-17H2,1H3,(H,35,38). The molecule has 1 aliphatic heterocycles.